The number of carboxylic acid groups (broad SMARTS) is 3. The van der Waals surface area contributed by atoms with Crippen molar-refractivity contribution in [3.05, 3.63) is 87.6 Å². The van der Waals surface area contributed by atoms with E-state index in [0.717, 1.165) is 68.6 Å². The van der Waals surface area contributed by atoms with Gasteiger partial charge in [0.2, 0.25) is 0 Å². The fraction of sp³-hybridized carbons (Fsp3) is 0.450. The van der Waals surface area contributed by atoms with Crippen molar-refractivity contribution in [1.29, 1.82) is 0 Å². The lowest BCUT2D eigenvalue weighted by atomic mass is 9.86. The Kier molecular flexibility index (Phi) is 13.5. The Morgan fingerprint density at radius 3 is 1.96 bits per heavy atom. The van der Waals surface area contributed by atoms with Gasteiger partial charge in [0, 0.05) is 43.8 Å². The smallest absolute Gasteiger partial charge is 0.430 e. The summed E-state index contributed by atoms with van der Waals surface area (Å²) in [6.07, 6.45) is 9.60. The van der Waals surface area contributed by atoms with E-state index in [1.54, 1.807) is 6.07 Å². The zero-order valence-corrected chi connectivity index (χ0v) is 31.4. The van der Waals surface area contributed by atoms with Crippen molar-refractivity contribution in [2.75, 3.05) is 31.1 Å². The summed E-state index contributed by atoms with van der Waals surface area (Å²) in [5.41, 5.74) is 6.24. The zero-order chi connectivity index (χ0) is 38.2. The second kappa shape index (κ2) is 17.4. The minimum atomic E-state index is -5.19. The number of carboxylic acids is 3. The van der Waals surface area contributed by atoms with E-state index in [4.69, 9.17) is 9.90 Å². The van der Waals surface area contributed by atoms with Crippen LogP contribution in [0.2, 0.25) is 12.1 Å². The van der Waals surface area contributed by atoms with Crippen LogP contribution in [0.3, 0.4) is 0 Å². The van der Waals surface area contributed by atoms with Crippen LogP contribution in [-0.2, 0) is 4.79 Å². The van der Waals surface area contributed by atoms with Crippen LogP contribution in [0.5, 0.6) is 0 Å². The summed E-state index contributed by atoms with van der Waals surface area (Å²) in [6, 6.07) is 13.7. The maximum absolute atomic E-state index is 12.7. The van der Waals surface area contributed by atoms with Crippen LogP contribution in [0.15, 0.2) is 65.4 Å². The summed E-state index contributed by atoms with van der Waals surface area (Å²) in [5.74, 6) is -5.11. The molecule has 0 aromatic heterocycles. The van der Waals surface area contributed by atoms with Crippen LogP contribution in [0.1, 0.15) is 104 Å². The molecular formula is C40H49F3N2O6Si. The minimum absolute atomic E-state index is 0.100. The van der Waals surface area contributed by atoms with Crippen LogP contribution >= 0.6 is 0 Å². The van der Waals surface area contributed by atoms with Crippen LogP contribution in [-0.4, -0.2) is 78.8 Å². The summed E-state index contributed by atoms with van der Waals surface area (Å²) in [7, 11) is -2.25. The highest BCUT2D eigenvalue weighted by Gasteiger charge is 2.48. The number of aliphatic carboxylic acids is 1. The number of halogens is 3. The number of hydrogen-bond donors (Lipinski definition) is 2. The average molecular weight is 739 g/mol. The Hall–Kier alpha value is -4.45. The molecule has 3 aliphatic rings. The van der Waals surface area contributed by atoms with Crippen LogP contribution in [0, 0.1) is 0 Å². The van der Waals surface area contributed by atoms with E-state index in [-0.39, 0.29) is 11.1 Å². The molecule has 0 unspecified atom stereocenters. The van der Waals surface area contributed by atoms with Crippen molar-refractivity contribution in [3.8, 4) is 0 Å². The van der Waals surface area contributed by atoms with Crippen molar-refractivity contribution in [1.82, 2.24) is 0 Å². The minimum Gasteiger partial charge on any atom is -0.542 e. The molecule has 8 nitrogen and oxygen atoms in total. The summed E-state index contributed by atoms with van der Waals surface area (Å²) in [4.78, 5) is 36.1. The molecule has 280 valence electrons. The maximum atomic E-state index is 12.7. The highest BCUT2D eigenvalue weighted by molar-refractivity contribution is 7.00. The van der Waals surface area contributed by atoms with Crippen LogP contribution in [0.4, 0.5) is 18.9 Å². The third kappa shape index (κ3) is 8.60. The van der Waals surface area contributed by atoms with Gasteiger partial charge in [0.15, 0.2) is 5.71 Å². The molecule has 2 aliphatic heterocycles. The molecule has 1 spiro atoms. The van der Waals surface area contributed by atoms with E-state index in [1.807, 2.05) is 0 Å². The maximum Gasteiger partial charge on any atom is 0.430 e. The second-order valence-corrected chi connectivity index (χ2v) is 17.8. The number of benzene rings is 2. The Morgan fingerprint density at radius 1 is 0.827 bits per heavy atom. The Labute approximate surface area is 304 Å². The van der Waals surface area contributed by atoms with Gasteiger partial charge >= 0.3 is 18.1 Å². The first-order valence-electron chi connectivity index (χ1n) is 18.3. The third-order valence-electron chi connectivity index (χ3n) is 9.99. The molecule has 1 saturated heterocycles. The van der Waals surface area contributed by atoms with Gasteiger partial charge in [-0.1, -0.05) is 53.0 Å². The molecule has 0 atom stereocenters. The van der Waals surface area contributed by atoms with Gasteiger partial charge in [-0.3, -0.25) is 0 Å². The number of rotatable bonds is 12. The summed E-state index contributed by atoms with van der Waals surface area (Å²) >= 11 is 0. The third-order valence-corrected chi connectivity index (χ3v) is 15.3. The van der Waals surface area contributed by atoms with Gasteiger partial charge in [-0.25, -0.2) is 14.2 Å². The second-order valence-electron chi connectivity index (χ2n) is 13.6. The molecule has 0 radical (unpaired) electrons. The van der Waals surface area contributed by atoms with Gasteiger partial charge in [-0.15, -0.1) is 0 Å². The predicted molar refractivity (Wildman–Crippen MR) is 198 cm³/mol. The number of carbonyl (C=O) groups excluding carboxylic acids is 1. The van der Waals surface area contributed by atoms with Crippen molar-refractivity contribution in [3.63, 3.8) is 0 Å². The van der Waals surface area contributed by atoms with Crippen LogP contribution < -0.4 is 15.2 Å². The molecule has 0 bridgehead atoms. The van der Waals surface area contributed by atoms with E-state index < -0.39 is 32.2 Å². The SMILES string of the molecule is CCCN(CCC)c1ccc2c(c1)[Si]1(CCCCC1)C1=CC(=[N+](CCC)CCC)C=CC1=C2c1cc(C(=O)O)ccc1C(=O)O.O=C([O-])C(F)(F)F. The fourth-order valence-electron chi connectivity index (χ4n) is 7.85. The lowest BCUT2D eigenvalue weighted by Gasteiger charge is -2.45. The van der Waals surface area contributed by atoms with Crippen molar-refractivity contribution in [2.24, 2.45) is 0 Å². The Balaban J connectivity index is 0.000000785. The van der Waals surface area contributed by atoms with Crippen molar-refractivity contribution >= 4 is 48.1 Å². The Morgan fingerprint density at radius 2 is 1.44 bits per heavy atom. The quantitative estimate of drug-likeness (QED) is 0.178. The highest BCUT2D eigenvalue weighted by Crippen LogP contribution is 2.48. The number of carbonyl (C=O) groups is 3. The number of anilines is 1. The fourth-order valence-corrected chi connectivity index (χ4v) is 13.5. The van der Waals surface area contributed by atoms with E-state index in [2.05, 4.69) is 73.6 Å². The molecule has 1 aliphatic carbocycles. The molecule has 2 N–H and O–H groups in total. The van der Waals surface area contributed by atoms with E-state index >= 15 is 0 Å². The number of fused-ring (bicyclic) bond motifs is 4. The number of hydrogen-bond acceptors (Lipinski definition) is 5. The largest absolute Gasteiger partial charge is 0.542 e. The summed E-state index contributed by atoms with van der Waals surface area (Å²) in [6.45, 7) is 12.9. The van der Waals surface area contributed by atoms with Crippen LogP contribution in [0.25, 0.3) is 5.57 Å². The first-order chi connectivity index (χ1) is 24.7. The molecule has 5 rings (SSSR count). The molecule has 0 saturated carbocycles. The lowest BCUT2D eigenvalue weighted by Crippen LogP contribution is -2.55. The molecule has 52 heavy (non-hydrogen) atoms. The topological polar surface area (TPSA) is 121 Å². The highest BCUT2D eigenvalue weighted by atomic mass is 28.3. The van der Waals surface area contributed by atoms with Gasteiger partial charge in [0.25, 0.3) is 0 Å². The first-order valence-corrected chi connectivity index (χ1v) is 20.7. The van der Waals surface area contributed by atoms with Gasteiger partial charge in [-0.05, 0) is 94.0 Å². The molecule has 2 aromatic carbocycles. The van der Waals surface area contributed by atoms with Gasteiger partial charge < -0.3 is 25.0 Å². The van der Waals surface area contributed by atoms with Gasteiger partial charge in [0.1, 0.15) is 27.1 Å². The van der Waals surface area contributed by atoms with Gasteiger partial charge in [-0.2, -0.15) is 13.2 Å². The normalized spacial score (nSPS) is 16.0. The molecule has 2 heterocycles. The standard InChI is InChI=1S/C38H48N2O4Si.C2HF3O2/c1-5-18-39(19-6-2)28-13-16-31-34(25-28)45(22-10-9-11-23-45)35-26-29(40(20-7-3)21-8-4)14-17-32(35)36(31)33-24-27(37(41)42)12-15-30(33)38(43)44;3-2(4,5)1(6)7/h12-17,24-26H,5-11,18-23H2,1-4H3,(H-,41,42,43,44);(H,6,7). The zero-order valence-electron chi connectivity index (χ0n) is 30.4. The summed E-state index contributed by atoms with van der Waals surface area (Å²) < 4.78 is 34.0. The van der Waals surface area contributed by atoms with Crippen molar-refractivity contribution in [2.45, 2.75) is 90.9 Å². The number of alkyl halides is 3. The lowest BCUT2D eigenvalue weighted by molar-refractivity contribution is -0.526. The number of allylic oxidation sites excluding steroid dienone is 5. The monoisotopic (exact) mass is 738 g/mol. The first kappa shape index (κ1) is 40.3. The average Bonchev–Trinajstić information content (AvgIpc) is 3.11. The van der Waals surface area contributed by atoms with Gasteiger partial charge in [0.05, 0.1) is 11.1 Å². The summed E-state index contributed by atoms with van der Waals surface area (Å²) in [5, 5.41) is 31.9. The number of nitrogens with zero attached hydrogens (tertiary/aromatic N) is 2. The molecule has 0 amide bonds. The molecule has 12 heteroatoms. The van der Waals surface area contributed by atoms with Crippen molar-refractivity contribution < 1.29 is 47.4 Å². The predicted octanol–water partition coefficient (Wildman–Crippen LogP) is 6.97. The number of aromatic carboxylic acids is 2. The molecule has 2 aromatic rings. The Bertz CT molecular complexity index is 1790. The van der Waals surface area contributed by atoms with E-state index in [0.29, 0.717) is 5.56 Å². The molecular weight excluding hydrogens is 690 g/mol. The van der Waals surface area contributed by atoms with E-state index in [1.165, 1.54) is 65.3 Å². The molecule has 1 fully saturated rings. The van der Waals surface area contributed by atoms with E-state index in [9.17, 15) is 33.0 Å².